The Morgan fingerprint density at radius 3 is 2.13 bits per heavy atom. The molecule has 0 unspecified atom stereocenters. The molecule has 4 rings (SSSR count). The molecule has 154 valence electrons. The highest BCUT2D eigenvalue weighted by atomic mass is 32.2. The highest BCUT2D eigenvalue weighted by Gasteiger charge is 2.37. The van der Waals surface area contributed by atoms with Gasteiger partial charge in [0.1, 0.15) is 0 Å². The van der Waals surface area contributed by atoms with Crippen molar-refractivity contribution in [2.45, 2.75) is 17.4 Å². The van der Waals surface area contributed by atoms with Crippen LogP contribution in [0.15, 0.2) is 88.9 Å². The van der Waals surface area contributed by atoms with Crippen molar-refractivity contribution < 1.29 is 17.9 Å². The molecule has 1 aliphatic rings. The summed E-state index contributed by atoms with van der Waals surface area (Å²) in [4.78, 5) is 0.211. The van der Waals surface area contributed by atoms with E-state index >= 15 is 0 Å². The molecule has 0 aromatic heterocycles. The summed E-state index contributed by atoms with van der Waals surface area (Å²) in [6.45, 7) is 0. The molecule has 6 nitrogen and oxygen atoms in total. The number of ether oxygens (including phenoxy) is 2. The Labute approximate surface area is 176 Å². The molecule has 7 heteroatoms. The van der Waals surface area contributed by atoms with Gasteiger partial charge in [0.15, 0.2) is 11.5 Å². The van der Waals surface area contributed by atoms with E-state index in [2.05, 4.69) is 5.10 Å². The molecule has 30 heavy (non-hydrogen) atoms. The molecule has 1 aliphatic heterocycles. The fourth-order valence-corrected chi connectivity index (χ4v) is 4.98. The average molecular weight is 423 g/mol. The molecule has 0 amide bonds. The van der Waals surface area contributed by atoms with Crippen LogP contribution in [0.2, 0.25) is 0 Å². The molecule has 3 aromatic rings. The second kappa shape index (κ2) is 8.20. The van der Waals surface area contributed by atoms with E-state index in [9.17, 15) is 8.42 Å². The molecule has 0 spiro atoms. The summed E-state index contributed by atoms with van der Waals surface area (Å²) in [5.41, 5.74) is 2.35. The predicted octanol–water partition coefficient (Wildman–Crippen LogP) is 4.24. The van der Waals surface area contributed by atoms with Crippen LogP contribution in [-0.4, -0.2) is 32.8 Å². The van der Waals surface area contributed by atoms with Crippen molar-refractivity contribution >= 4 is 15.7 Å². The molecule has 1 heterocycles. The summed E-state index contributed by atoms with van der Waals surface area (Å²) >= 11 is 0. The van der Waals surface area contributed by atoms with E-state index in [0.717, 1.165) is 11.1 Å². The molecule has 0 saturated carbocycles. The van der Waals surface area contributed by atoms with Gasteiger partial charge in [0.05, 0.1) is 30.9 Å². The van der Waals surface area contributed by atoms with Gasteiger partial charge in [-0.15, -0.1) is 0 Å². The molecule has 0 bridgehead atoms. The zero-order valence-electron chi connectivity index (χ0n) is 16.7. The first-order valence-corrected chi connectivity index (χ1v) is 10.9. The lowest BCUT2D eigenvalue weighted by Crippen LogP contribution is -2.27. The Morgan fingerprint density at radius 1 is 0.867 bits per heavy atom. The van der Waals surface area contributed by atoms with Gasteiger partial charge in [-0.1, -0.05) is 48.5 Å². The van der Waals surface area contributed by atoms with Crippen molar-refractivity contribution in [1.29, 1.82) is 0 Å². The van der Waals surface area contributed by atoms with E-state index in [1.165, 1.54) is 4.41 Å². The lowest BCUT2D eigenvalue weighted by molar-refractivity contribution is 0.355. The van der Waals surface area contributed by atoms with E-state index in [0.29, 0.717) is 23.6 Å². The summed E-state index contributed by atoms with van der Waals surface area (Å²) in [7, 11) is -0.675. The normalized spacial score (nSPS) is 16.3. The molecule has 1 atom stereocenters. The van der Waals surface area contributed by atoms with Crippen LogP contribution in [-0.2, 0) is 10.0 Å². The van der Waals surface area contributed by atoms with Crippen molar-refractivity contribution in [1.82, 2.24) is 4.41 Å². The van der Waals surface area contributed by atoms with Crippen molar-refractivity contribution in [2.75, 3.05) is 14.2 Å². The largest absolute Gasteiger partial charge is 0.493 e. The van der Waals surface area contributed by atoms with Crippen LogP contribution in [0.1, 0.15) is 23.6 Å². The summed E-state index contributed by atoms with van der Waals surface area (Å²) in [6, 6.07) is 23.0. The third-order valence-corrected chi connectivity index (χ3v) is 6.76. The molecule has 0 N–H and O–H groups in total. The van der Waals surface area contributed by atoms with E-state index in [1.807, 2.05) is 42.5 Å². The van der Waals surface area contributed by atoms with Crippen LogP contribution < -0.4 is 9.47 Å². The molecule has 0 saturated heterocycles. The zero-order chi connectivity index (χ0) is 21.1. The Kier molecular flexibility index (Phi) is 5.46. The van der Waals surface area contributed by atoms with E-state index in [4.69, 9.17) is 9.47 Å². The molecule has 0 fully saturated rings. The maximum Gasteiger partial charge on any atom is 0.279 e. The summed E-state index contributed by atoms with van der Waals surface area (Å²) in [5.74, 6) is 1.17. The number of sulfonamides is 1. The Morgan fingerprint density at radius 2 is 1.50 bits per heavy atom. The fourth-order valence-electron chi connectivity index (χ4n) is 3.52. The topological polar surface area (TPSA) is 68.2 Å². The van der Waals surface area contributed by atoms with E-state index in [1.54, 1.807) is 50.6 Å². The third kappa shape index (κ3) is 3.64. The van der Waals surface area contributed by atoms with Crippen LogP contribution in [0.4, 0.5) is 0 Å². The van der Waals surface area contributed by atoms with E-state index in [-0.39, 0.29) is 4.90 Å². The predicted molar refractivity (Wildman–Crippen MR) is 115 cm³/mol. The quantitative estimate of drug-likeness (QED) is 0.596. The molecule has 0 aliphatic carbocycles. The van der Waals surface area contributed by atoms with Crippen LogP contribution >= 0.6 is 0 Å². The van der Waals surface area contributed by atoms with Crippen LogP contribution in [0, 0.1) is 0 Å². The minimum atomic E-state index is -3.82. The summed E-state index contributed by atoms with van der Waals surface area (Å²) < 4.78 is 38.7. The SMILES string of the molecule is COc1ccc(C2=NN(S(=O)(=O)c3ccccc3)[C@@H](c3ccccc3)C2)cc1OC. The highest BCUT2D eigenvalue weighted by Crippen LogP contribution is 2.38. The first-order chi connectivity index (χ1) is 14.5. The minimum Gasteiger partial charge on any atom is -0.493 e. The van der Waals surface area contributed by atoms with Gasteiger partial charge in [-0.05, 0) is 35.9 Å². The van der Waals surface area contributed by atoms with Crippen molar-refractivity contribution in [2.24, 2.45) is 5.10 Å². The number of nitrogens with zero attached hydrogens (tertiary/aromatic N) is 2. The highest BCUT2D eigenvalue weighted by molar-refractivity contribution is 7.89. The number of hydrogen-bond acceptors (Lipinski definition) is 5. The van der Waals surface area contributed by atoms with Gasteiger partial charge >= 0.3 is 0 Å². The lowest BCUT2D eigenvalue weighted by atomic mass is 9.99. The minimum absolute atomic E-state index is 0.211. The summed E-state index contributed by atoms with van der Waals surface area (Å²) in [6.07, 6.45) is 0.450. The molecular weight excluding hydrogens is 400 g/mol. The van der Waals surface area contributed by atoms with E-state index < -0.39 is 16.1 Å². The molecule has 0 radical (unpaired) electrons. The maximum absolute atomic E-state index is 13.4. The first kappa shape index (κ1) is 20.0. The Hall–Kier alpha value is -3.32. The van der Waals surface area contributed by atoms with Gasteiger partial charge in [0.25, 0.3) is 10.0 Å². The average Bonchev–Trinajstić information content (AvgIpc) is 3.26. The second-order valence-corrected chi connectivity index (χ2v) is 8.63. The van der Waals surface area contributed by atoms with Gasteiger partial charge in [-0.2, -0.15) is 17.9 Å². The monoisotopic (exact) mass is 422 g/mol. The first-order valence-electron chi connectivity index (χ1n) is 9.49. The van der Waals surface area contributed by atoms with Gasteiger partial charge in [0, 0.05) is 12.0 Å². The Bertz CT molecular complexity index is 1160. The second-order valence-electron chi connectivity index (χ2n) is 6.84. The van der Waals surface area contributed by atoms with Gasteiger partial charge in [-0.3, -0.25) is 0 Å². The fraction of sp³-hybridized carbons (Fsp3) is 0.174. The number of rotatable bonds is 6. The molecular formula is C23H22N2O4S. The van der Waals surface area contributed by atoms with Crippen LogP contribution in [0.3, 0.4) is 0 Å². The molecule has 3 aromatic carbocycles. The zero-order valence-corrected chi connectivity index (χ0v) is 17.5. The van der Waals surface area contributed by atoms with Gasteiger partial charge in [0.2, 0.25) is 0 Å². The standard InChI is InChI=1S/C23H22N2O4S/c1-28-22-14-13-18(15-23(22)29-2)20-16-21(17-9-5-3-6-10-17)25(24-20)30(26,27)19-11-7-4-8-12-19/h3-15,21H,16H2,1-2H3/t21-/m1/s1. The van der Waals surface area contributed by atoms with Crippen molar-refractivity contribution in [3.8, 4) is 11.5 Å². The van der Waals surface area contributed by atoms with Gasteiger partial charge < -0.3 is 9.47 Å². The number of benzene rings is 3. The number of methoxy groups -OCH3 is 2. The lowest BCUT2D eigenvalue weighted by Gasteiger charge is -2.23. The third-order valence-electron chi connectivity index (χ3n) is 5.06. The summed E-state index contributed by atoms with van der Waals surface area (Å²) in [5, 5.41) is 4.56. The van der Waals surface area contributed by atoms with Gasteiger partial charge in [-0.25, -0.2) is 0 Å². The van der Waals surface area contributed by atoms with Crippen molar-refractivity contribution in [3.05, 3.63) is 90.0 Å². The number of hydrogen-bond donors (Lipinski definition) is 0. The Balaban J connectivity index is 1.80. The van der Waals surface area contributed by atoms with Crippen LogP contribution in [0.5, 0.6) is 11.5 Å². The smallest absolute Gasteiger partial charge is 0.279 e. The maximum atomic E-state index is 13.4. The van der Waals surface area contributed by atoms with Crippen molar-refractivity contribution in [3.63, 3.8) is 0 Å². The van der Waals surface area contributed by atoms with Crippen LogP contribution in [0.25, 0.3) is 0 Å². The number of hydrazone groups is 1.